The van der Waals surface area contributed by atoms with Crippen LogP contribution in [-0.4, -0.2) is 30.8 Å². The van der Waals surface area contributed by atoms with E-state index in [1.807, 2.05) is 0 Å². The summed E-state index contributed by atoms with van der Waals surface area (Å²) < 4.78 is 33.6. The van der Waals surface area contributed by atoms with Crippen LogP contribution in [0.1, 0.15) is 21.8 Å². The molecule has 0 aliphatic heterocycles. The number of aryl methyl sites for hydroxylation is 1. The number of aromatic nitrogens is 2. The van der Waals surface area contributed by atoms with Crippen LogP contribution in [0.25, 0.3) is 11.4 Å². The van der Waals surface area contributed by atoms with Gasteiger partial charge >= 0.3 is 5.97 Å². The Morgan fingerprint density at radius 3 is 2.70 bits per heavy atom. The second-order valence-corrected chi connectivity index (χ2v) is 8.30. The Hall–Kier alpha value is -2.71. The number of esters is 1. The van der Waals surface area contributed by atoms with Crippen molar-refractivity contribution in [3.05, 3.63) is 64.5 Å². The van der Waals surface area contributed by atoms with Gasteiger partial charge in [0, 0.05) is 16.8 Å². The van der Waals surface area contributed by atoms with Crippen LogP contribution in [0.2, 0.25) is 5.02 Å². The number of halogens is 1. The molecule has 0 aliphatic carbocycles. The predicted molar refractivity (Wildman–Crippen MR) is 98.2 cm³/mol. The summed E-state index contributed by atoms with van der Waals surface area (Å²) in [4.78, 5) is 16.5. The zero-order valence-electron chi connectivity index (χ0n) is 14.5. The molecule has 0 spiro atoms. The van der Waals surface area contributed by atoms with Gasteiger partial charge in [0.15, 0.2) is 16.4 Å². The van der Waals surface area contributed by atoms with Crippen molar-refractivity contribution in [2.45, 2.75) is 18.4 Å². The van der Waals surface area contributed by atoms with Gasteiger partial charge in [-0.15, -0.1) is 0 Å². The van der Waals surface area contributed by atoms with Gasteiger partial charge in [-0.3, -0.25) is 0 Å². The van der Waals surface area contributed by atoms with Gasteiger partial charge in [0.05, 0.1) is 10.5 Å². The Bertz CT molecular complexity index is 1110. The zero-order valence-corrected chi connectivity index (χ0v) is 16.0. The lowest BCUT2D eigenvalue weighted by Gasteiger charge is -2.07. The molecule has 3 aromatic rings. The lowest BCUT2D eigenvalue weighted by molar-refractivity contribution is 0.0428. The van der Waals surface area contributed by atoms with Gasteiger partial charge in [-0.05, 0) is 36.8 Å². The molecule has 0 N–H and O–H groups in total. The minimum absolute atomic E-state index is 0.0427. The molecular formula is C18H15ClN2O5S. The molecule has 3 rings (SSSR count). The summed E-state index contributed by atoms with van der Waals surface area (Å²) in [6.45, 7) is 1.45. The van der Waals surface area contributed by atoms with E-state index >= 15 is 0 Å². The molecule has 0 radical (unpaired) electrons. The van der Waals surface area contributed by atoms with Crippen molar-refractivity contribution < 1.29 is 22.5 Å². The fourth-order valence-electron chi connectivity index (χ4n) is 2.32. The quantitative estimate of drug-likeness (QED) is 0.598. The van der Waals surface area contributed by atoms with E-state index in [1.54, 1.807) is 37.3 Å². The van der Waals surface area contributed by atoms with E-state index in [1.165, 1.54) is 12.1 Å². The number of carbonyl (C=O) groups is 1. The first-order valence-electron chi connectivity index (χ1n) is 7.80. The van der Waals surface area contributed by atoms with Gasteiger partial charge in [0.2, 0.25) is 5.82 Å². The highest BCUT2D eigenvalue weighted by Gasteiger charge is 2.17. The highest BCUT2D eigenvalue weighted by molar-refractivity contribution is 7.90. The SMILES string of the molecule is Cc1ccc(S(C)(=O)=O)cc1C(=O)OCc1nc(-c2cccc(Cl)c2)no1. The first kappa shape index (κ1) is 19.1. The van der Waals surface area contributed by atoms with Crippen LogP contribution in [0.15, 0.2) is 51.9 Å². The summed E-state index contributed by atoms with van der Waals surface area (Å²) in [5.74, 6) is -0.255. The third-order valence-electron chi connectivity index (χ3n) is 3.73. The summed E-state index contributed by atoms with van der Waals surface area (Å²) >= 11 is 5.93. The van der Waals surface area contributed by atoms with E-state index in [9.17, 15) is 13.2 Å². The molecule has 27 heavy (non-hydrogen) atoms. The third kappa shape index (κ3) is 4.53. The number of benzene rings is 2. The Kier molecular flexibility index (Phi) is 5.29. The monoisotopic (exact) mass is 406 g/mol. The number of nitrogens with zero attached hydrogens (tertiary/aromatic N) is 2. The molecule has 0 bridgehead atoms. The second-order valence-electron chi connectivity index (χ2n) is 5.85. The average molecular weight is 407 g/mol. The number of sulfone groups is 1. The van der Waals surface area contributed by atoms with E-state index in [0.29, 0.717) is 22.0 Å². The van der Waals surface area contributed by atoms with Crippen molar-refractivity contribution in [2.24, 2.45) is 0 Å². The molecule has 2 aromatic carbocycles. The fraction of sp³-hybridized carbons (Fsp3) is 0.167. The molecule has 0 amide bonds. The van der Waals surface area contributed by atoms with E-state index in [2.05, 4.69) is 10.1 Å². The summed E-state index contributed by atoms with van der Waals surface area (Å²) in [6.07, 6.45) is 1.07. The van der Waals surface area contributed by atoms with E-state index < -0.39 is 15.8 Å². The molecule has 1 aromatic heterocycles. The molecule has 0 fully saturated rings. The fourth-order valence-corrected chi connectivity index (χ4v) is 3.15. The number of rotatable bonds is 5. The standard InChI is InChI=1S/C18H15ClN2O5S/c1-11-6-7-14(27(2,23)24)9-15(11)18(22)25-10-16-20-17(21-26-16)12-4-3-5-13(19)8-12/h3-9H,10H2,1-2H3. The van der Waals surface area contributed by atoms with Crippen LogP contribution in [-0.2, 0) is 21.2 Å². The number of hydrogen-bond acceptors (Lipinski definition) is 7. The predicted octanol–water partition coefficient (Wildman–Crippen LogP) is 3.46. The molecule has 0 saturated heterocycles. The van der Waals surface area contributed by atoms with Crippen molar-refractivity contribution >= 4 is 27.4 Å². The Balaban J connectivity index is 1.73. The van der Waals surface area contributed by atoms with Crippen LogP contribution in [0.3, 0.4) is 0 Å². The van der Waals surface area contributed by atoms with Crippen molar-refractivity contribution in [3.63, 3.8) is 0 Å². The lowest BCUT2D eigenvalue weighted by Crippen LogP contribution is -2.09. The number of carbonyl (C=O) groups excluding carboxylic acids is 1. The lowest BCUT2D eigenvalue weighted by atomic mass is 10.1. The van der Waals surface area contributed by atoms with Gasteiger partial charge in [0.1, 0.15) is 0 Å². The number of ether oxygens (including phenoxy) is 1. The summed E-state index contributed by atoms with van der Waals surface area (Å²) in [7, 11) is -3.43. The molecule has 0 unspecified atom stereocenters. The maximum atomic E-state index is 12.3. The van der Waals surface area contributed by atoms with Crippen molar-refractivity contribution in [1.29, 1.82) is 0 Å². The topological polar surface area (TPSA) is 99.4 Å². The van der Waals surface area contributed by atoms with Crippen molar-refractivity contribution in [3.8, 4) is 11.4 Å². The van der Waals surface area contributed by atoms with Crippen molar-refractivity contribution in [2.75, 3.05) is 6.26 Å². The van der Waals surface area contributed by atoms with Gasteiger partial charge < -0.3 is 9.26 Å². The maximum absolute atomic E-state index is 12.3. The summed E-state index contributed by atoms with van der Waals surface area (Å²) in [6, 6.07) is 11.2. The number of hydrogen-bond donors (Lipinski definition) is 0. The van der Waals surface area contributed by atoms with Gasteiger partial charge in [0.25, 0.3) is 5.89 Å². The van der Waals surface area contributed by atoms with Gasteiger partial charge in [-0.1, -0.05) is 35.0 Å². The average Bonchev–Trinajstić information content (AvgIpc) is 3.08. The second kappa shape index (κ2) is 7.50. The highest BCUT2D eigenvalue weighted by Crippen LogP contribution is 2.21. The van der Waals surface area contributed by atoms with Crippen LogP contribution in [0, 0.1) is 6.92 Å². The van der Waals surface area contributed by atoms with Crippen LogP contribution in [0.5, 0.6) is 0 Å². The van der Waals surface area contributed by atoms with Crippen LogP contribution < -0.4 is 0 Å². The third-order valence-corrected chi connectivity index (χ3v) is 5.08. The molecule has 7 nitrogen and oxygen atoms in total. The molecule has 0 saturated carbocycles. The zero-order chi connectivity index (χ0) is 19.6. The Morgan fingerprint density at radius 1 is 1.22 bits per heavy atom. The minimum atomic E-state index is -3.43. The maximum Gasteiger partial charge on any atom is 0.338 e. The molecule has 0 aliphatic rings. The molecule has 0 atom stereocenters. The van der Waals surface area contributed by atoms with Crippen LogP contribution >= 0.6 is 11.6 Å². The molecule has 9 heteroatoms. The Labute approximate surface area is 160 Å². The van der Waals surface area contributed by atoms with E-state index in [-0.39, 0.29) is 23.0 Å². The van der Waals surface area contributed by atoms with Gasteiger partial charge in [-0.25, -0.2) is 13.2 Å². The summed E-state index contributed by atoms with van der Waals surface area (Å²) in [5, 5.41) is 4.36. The first-order valence-corrected chi connectivity index (χ1v) is 10.1. The molecule has 1 heterocycles. The molecular weight excluding hydrogens is 392 g/mol. The van der Waals surface area contributed by atoms with Crippen LogP contribution in [0.4, 0.5) is 0 Å². The normalized spacial score (nSPS) is 11.4. The molecule has 140 valence electrons. The highest BCUT2D eigenvalue weighted by atomic mass is 35.5. The first-order chi connectivity index (χ1) is 12.7. The minimum Gasteiger partial charge on any atom is -0.452 e. The van der Waals surface area contributed by atoms with E-state index in [0.717, 1.165) is 6.26 Å². The van der Waals surface area contributed by atoms with E-state index in [4.69, 9.17) is 20.9 Å². The smallest absolute Gasteiger partial charge is 0.338 e. The Morgan fingerprint density at radius 2 is 2.00 bits per heavy atom. The van der Waals surface area contributed by atoms with Gasteiger partial charge in [-0.2, -0.15) is 4.98 Å². The largest absolute Gasteiger partial charge is 0.452 e. The summed E-state index contributed by atoms with van der Waals surface area (Å²) in [5.41, 5.74) is 1.42. The van der Waals surface area contributed by atoms with Crippen molar-refractivity contribution in [1.82, 2.24) is 10.1 Å².